The Bertz CT molecular complexity index is 644. The van der Waals surface area contributed by atoms with Gasteiger partial charge in [-0.3, -0.25) is 0 Å². The number of hydrogen-bond acceptors (Lipinski definition) is 1. The van der Waals surface area contributed by atoms with Crippen molar-refractivity contribution < 1.29 is 0 Å². The van der Waals surface area contributed by atoms with Crippen molar-refractivity contribution in [3.8, 4) is 0 Å². The summed E-state index contributed by atoms with van der Waals surface area (Å²) < 4.78 is 0. The third-order valence-corrected chi connectivity index (χ3v) is 3.20. The molecule has 1 aromatic heterocycles. The van der Waals surface area contributed by atoms with E-state index >= 15 is 0 Å². The van der Waals surface area contributed by atoms with Crippen molar-refractivity contribution in [2.45, 2.75) is 13.2 Å². The summed E-state index contributed by atoms with van der Waals surface area (Å²) >= 11 is 0. The Morgan fingerprint density at radius 3 is 2.59 bits per heavy atom. The maximum atomic E-state index is 3.67. The first kappa shape index (κ1) is 15.8. The van der Waals surface area contributed by atoms with Gasteiger partial charge >= 0.3 is 0 Å². The Morgan fingerprint density at radius 2 is 1.95 bits per heavy atom. The number of rotatable bonds is 4. The molecule has 0 radical (unpaired) electrons. The van der Waals surface area contributed by atoms with Crippen molar-refractivity contribution in [2.75, 3.05) is 0 Å². The maximum Gasteiger partial charge on any atom is 0.161 e. The third-order valence-electron chi connectivity index (χ3n) is 3.20. The van der Waals surface area contributed by atoms with Crippen LogP contribution in [0.3, 0.4) is 0 Å². The van der Waals surface area contributed by atoms with Crippen molar-refractivity contribution >= 4 is 18.8 Å². The molecule has 3 rings (SSSR count). The van der Waals surface area contributed by atoms with Gasteiger partial charge in [0.05, 0.1) is 6.33 Å². The first-order chi connectivity index (χ1) is 10.8. The van der Waals surface area contributed by atoms with Crippen LogP contribution in [0.2, 0.25) is 6.32 Å². The molecule has 0 unspecified atom stereocenters. The lowest BCUT2D eigenvalue weighted by Crippen LogP contribution is -2.11. The van der Waals surface area contributed by atoms with Crippen LogP contribution in [0.25, 0.3) is 6.08 Å². The van der Waals surface area contributed by atoms with E-state index in [-0.39, 0.29) is 0 Å². The standard InChI is InChI=1S/C16H17B.C3H4N2/c1-14-7-5-8-15(13-14)9-6-12-17-16-10-3-2-4-11-16;1-2-5-3-4-1/h2-11,13,17H,12H2,1H3;1-3H,(H,4,5). The third kappa shape index (κ3) is 6.27. The smallest absolute Gasteiger partial charge is 0.161 e. The molecule has 1 heterocycles. The van der Waals surface area contributed by atoms with Crippen LogP contribution in [0.1, 0.15) is 11.1 Å². The number of aromatic amines is 1. The summed E-state index contributed by atoms with van der Waals surface area (Å²) in [5, 5.41) is 0. The fourth-order valence-corrected chi connectivity index (χ4v) is 2.10. The van der Waals surface area contributed by atoms with Crippen molar-refractivity contribution in [1.82, 2.24) is 9.97 Å². The Morgan fingerprint density at radius 1 is 1.09 bits per heavy atom. The highest BCUT2D eigenvalue weighted by Gasteiger charge is 1.91. The van der Waals surface area contributed by atoms with Crippen molar-refractivity contribution in [2.24, 2.45) is 0 Å². The monoisotopic (exact) mass is 288 g/mol. The molecule has 0 saturated heterocycles. The first-order valence-electron chi connectivity index (χ1n) is 7.54. The molecular weight excluding hydrogens is 267 g/mol. The summed E-state index contributed by atoms with van der Waals surface area (Å²) in [4.78, 5) is 6.42. The number of H-pyrrole nitrogens is 1. The fraction of sp³-hybridized carbons (Fsp3) is 0.105. The van der Waals surface area contributed by atoms with Crippen molar-refractivity contribution in [3.05, 3.63) is 90.5 Å². The van der Waals surface area contributed by atoms with E-state index in [9.17, 15) is 0 Å². The lowest BCUT2D eigenvalue weighted by molar-refractivity contribution is 1.31. The van der Waals surface area contributed by atoms with Gasteiger partial charge in [0.2, 0.25) is 0 Å². The predicted molar refractivity (Wildman–Crippen MR) is 96.8 cm³/mol. The maximum absolute atomic E-state index is 3.67. The Labute approximate surface area is 133 Å². The molecule has 0 atom stereocenters. The SMILES string of the molecule is Cc1cccc(C=CCBc2ccccc2)c1.c1c[nH]cn1. The lowest BCUT2D eigenvalue weighted by atomic mass is 9.67. The van der Waals surface area contributed by atoms with Crippen LogP contribution in [-0.2, 0) is 0 Å². The molecule has 0 aliphatic heterocycles. The number of hydrogen-bond donors (Lipinski definition) is 1. The van der Waals surface area contributed by atoms with Gasteiger partial charge in [0.1, 0.15) is 0 Å². The summed E-state index contributed by atoms with van der Waals surface area (Å²) in [6, 6.07) is 19.2. The van der Waals surface area contributed by atoms with Gasteiger partial charge in [0.15, 0.2) is 7.28 Å². The van der Waals surface area contributed by atoms with Gasteiger partial charge in [0.25, 0.3) is 0 Å². The van der Waals surface area contributed by atoms with Crippen LogP contribution in [-0.4, -0.2) is 17.2 Å². The summed E-state index contributed by atoms with van der Waals surface area (Å²) in [6.45, 7) is 2.13. The number of allylic oxidation sites excluding steroid dienone is 1. The van der Waals surface area contributed by atoms with E-state index in [1.54, 1.807) is 18.7 Å². The topological polar surface area (TPSA) is 28.7 Å². The lowest BCUT2D eigenvalue weighted by Gasteiger charge is -1.96. The molecule has 22 heavy (non-hydrogen) atoms. The molecule has 0 bridgehead atoms. The van der Waals surface area contributed by atoms with Crippen LogP contribution in [0.15, 0.2) is 79.4 Å². The van der Waals surface area contributed by atoms with E-state index in [0.717, 1.165) is 13.6 Å². The Hall–Kier alpha value is -2.55. The van der Waals surface area contributed by atoms with Crippen molar-refractivity contribution in [1.29, 1.82) is 0 Å². The normalized spacial score (nSPS) is 10.0. The van der Waals surface area contributed by atoms with E-state index in [0.29, 0.717) is 0 Å². The Balaban J connectivity index is 0.000000299. The predicted octanol–water partition coefficient (Wildman–Crippen LogP) is 3.60. The minimum Gasteiger partial charge on any atom is -0.351 e. The summed E-state index contributed by atoms with van der Waals surface area (Å²) in [5.41, 5.74) is 4.01. The van der Waals surface area contributed by atoms with Gasteiger partial charge in [-0.2, -0.15) is 0 Å². The van der Waals surface area contributed by atoms with Gasteiger partial charge in [-0.1, -0.05) is 84.1 Å². The minimum absolute atomic E-state index is 1.10. The van der Waals surface area contributed by atoms with E-state index in [1.165, 1.54) is 16.6 Å². The van der Waals surface area contributed by atoms with E-state index < -0.39 is 0 Å². The summed E-state index contributed by atoms with van der Waals surface area (Å²) in [6.07, 6.45) is 10.6. The zero-order valence-corrected chi connectivity index (χ0v) is 12.9. The molecule has 110 valence electrons. The van der Waals surface area contributed by atoms with E-state index in [2.05, 4.69) is 83.6 Å². The molecule has 0 spiro atoms. The zero-order valence-electron chi connectivity index (χ0n) is 12.9. The molecular formula is C19H21BN2. The zero-order chi connectivity index (χ0) is 15.5. The Kier molecular flexibility index (Phi) is 6.77. The van der Waals surface area contributed by atoms with Crippen LogP contribution in [0.4, 0.5) is 0 Å². The highest BCUT2D eigenvalue weighted by atomic mass is 14.8. The number of benzene rings is 2. The average Bonchev–Trinajstić information content (AvgIpc) is 3.12. The average molecular weight is 288 g/mol. The number of nitrogens with zero attached hydrogens (tertiary/aromatic N) is 1. The van der Waals surface area contributed by atoms with Gasteiger partial charge in [0, 0.05) is 12.4 Å². The highest BCUT2D eigenvalue weighted by molar-refractivity contribution is 6.53. The van der Waals surface area contributed by atoms with Gasteiger partial charge < -0.3 is 4.98 Å². The van der Waals surface area contributed by atoms with Crippen molar-refractivity contribution in [3.63, 3.8) is 0 Å². The molecule has 1 N–H and O–H groups in total. The van der Waals surface area contributed by atoms with Gasteiger partial charge in [-0.15, -0.1) is 0 Å². The molecule has 3 aromatic rings. The van der Waals surface area contributed by atoms with Crippen LogP contribution < -0.4 is 5.46 Å². The number of imidazole rings is 1. The highest BCUT2D eigenvalue weighted by Crippen LogP contribution is 2.06. The largest absolute Gasteiger partial charge is 0.351 e. The summed E-state index contributed by atoms with van der Waals surface area (Å²) in [7, 11) is 1.11. The molecule has 3 heteroatoms. The second kappa shape index (κ2) is 9.40. The molecule has 0 amide bonds. The van der Waals surface area contributed by atoms with Gasteiger partial charge in [-0.25, -0.2) is 4.98 Å². The van der Waals surface area contributed by atoms with E-state index in [4.69, 9.17) is 0 Å². The van der Waals surface area contributed by atoms with Crippen LogP contribution >= 0.6 is 0 Å². The molecule has 0 fully saturated rings. The second-order valence-electron chi connectivity index (χ2n) is 5.10. The first-order valence-corrected chi connectivity index (χ1v) is 7.54. The van der Waals surface area contributed by atoms with Crippen LogP contribution in [0, 0.1) is 6.92 Å². The molecule has 2 aromatic carbocycles. The molecule has 2 nitrogen and oxygen atoms in total. The summed E-state index contributed by atoms with van der Waals surface area (Å²) in [5.74, 6) is 0. The second-order valence-corrected chi connectivity index (χ2v) is 5.10. The molecule has 0 aliphatic rings. The number of aryl methyl sites for hydroxylation is 1. The number of nitrogens with one attached hydrogen (secondary N) is 1. The fourth-order valence-electron chi connectivity index (χ4n) is 2.10. The number of aromatic nitrogens is 2. The molecule has 0 aliphatic carbocycles. The minimum atomic E-state index is 1.10. The molecule has 0 saturated carbocycles. The quantitative estimate of drug-likeness (QED) is 0.730. The van der Waals surface area contributed by atoms with Gasteiger partial charge in [-0.05, 0) is 12.5 Å². The van der Waals surface area contributed by atoms with Crippen LogP contribution in [0.5, 0.6) is 0 Å². The van der Waals surface area contributed by atoms with E-state index in [1.807, 2.05) is 0 Å².